The summed E-state index contributed by atoms with van der Waals surface area (Å²) in [6.45, 7) is -0.256. The number of hydrogen-bond acceptors (Lipinski definition) is 2. The monoisotopic (exact) mass is 540 g/mol. The molecule has 0 aromatic heterocycles. The van der Waals surface area contributed by atoms with Crippen molar-refractivity contribution in [1.82, 2.24) is 0 Å². The molecule has 3 aromatic carbocycles. The molecule has 4 rings (SSSR count). The quantitative estimate of drug-likeness (QED) is 0.209. The Kier molecular flexibility index (Phi) is 8.53. The molecule has 0 atom stereocenters. The van der Waals surface area contributed by atoms with Crippen LogP contribution in [0.15, 0.2) is 36.4 Å². The van der Waals surface area contributed by atoms with E-state index in [2.05, 4.69) is 11.7 Å². The summed E-state index contributed by atoms with van der Waals surface area (Å²) in [6, 6.07) is 7.37. The van der Waals surface area contributed by atoms with E-state index in [0.717, 1.165) is 44.7 Å². The van der Waals surface area contributed by atoms with Gasteiger partial charge in [-0.3, -0.25) is 0 Å². The van der Waals surface area contributed by atoms with Crippen LogP contribution in [0.25, 0.3) is 11.1 Å². The molecule has 1 aliphatic carbocycles. The van der Waals surface area contributed by atoms with Crippen LogP contribution >= 0.6 is 0 Å². The molecule has 3 aromatic rings. The zero-order valence-electron chi connectivity index (χ0n) is 20.9. The lowest BCUT2D eigenvalue weighted by Crippen LogP contribution is -2.17. The van der Waals surface area contributed by atoms with Crippen molar-refractivity contribution in [1.29, 1.82) is 0 Å². The van der Waals surface area contributed by atoms with Crippen LogP contribution in [0.2, 0.25) is 0 Å². The molecule has 0 bridgehead atoms. The van der Waals surface area contributed by atoms with Gasteiger partial charge in [0.1, 0.15) is 5.75 Å². The van der Waals surface area contributed by atoms with Gasteiger partial charge < -0.3 is 9.47 Å². The summed E-state index contributed by atoms with van der Waals surface area (Å²) in [6.07, 6.45) is 4.68. The average molecular weight is 541 g/mol. The lowest BCUT2D eigenvalue weighted by molar-refractivity contribution is -0.0546. The molecule has 1 saturated carbocycles. The second kappa shape index (κ2) is 11.7. The van der Waals surface area contributed by atoms with Crippen LogP contribution in [-0.2, 0) is 0 Å². The van der Waals surface area contributed by atoms with Crippen molar-refractivity contribution in [3.8, 4) is 28.4 Å². The molecule has 0 radical (unpaired) electrons. The predicted octanol–water partition coefficient (Wildman–Crippen LogP) is 9.83. The topological polar surface area (TPSA) is 18.5 Å². The maximum atomic E-state index is 15.4. The van der Waals surface area contributed by atoms with Crippen molar-refractivity contribution in [3.05, 3.63) is 76.6 Å². The Bertz CT molecular complexity index is 1280. The van der Waals surface area contributed by atoms with Gasteiger partial charge in [-0.1, -0.05) is 38.0 Å². The van der Waals surface area contributed by atoms with E-state index in [9.17, 15) is 22.0 Å². The van der Waals surface area contributed by atoms with Gasteiger partial charge in [0.25, 0.3) is 0 Å². The average Bonchev–Trinajstić information content (AvgIpc) is 2.89. The van der Waals surface area contributed by atoms with Crippen molar-refractivity contribution >= 4 is 0 Å². The highest BCUT2D eigenvalue weighted by atomic mass is 19.3. The third kappa shape index (κ3) is 5.61. The summed E-state index contributed by atoms with van der Waals surface area (Å²) in [5.74, 6) is -8.11. The van der Waals surface area contributed by atoms with E-state index < -0.39 is 58.7 Å². The normalized spacial score (nSPS) is 17.6. The van der Waals surface area contributed by atoms with Gasteiger partial charge in [0.05, 0.1) is 0 Å². The van der Waals surface area contributed by atoms with Crippen molar-refractivity contribution < 1.29 is 40.2 Å². The number of para-hydroxylation sites is 1. The smallest absolute Gasteiger partial charge is 0.387 e. The van der Waals surface area contributed by atoms with E-state index in [1.54, 1.807) is 0 Å². The molecule has 1 aliphatic rings. The molecular weight excluding hydrogens is 513 g/mol. The number of rotatable bonds is 8. The van der Waals surface area contributed by atoms with Crippen LogP contribution in [0.1, 0.15) is 62.5 Å². The summed E-state index contributed by atoms with van der Waals surface area (Å²) in [7, 11) is 0. The SMILES string of the molecule is CCC[C@H]1CC[C@H](c2c(F)c(F)c(C)c(F)c2Oc2ccccc2-c2cc(F)c(OC(F)F)c(F)c2)CC1. The number of halogens is 7. The molecule has 38 heavy (non-hydrogen) atoms. The minimum absolute atomic E-state index is 0.0771. The zero-order chi connectivity index (χ0) is 27.6. The summed E-state index contributed by atoms with van der Waals surface area (Å²) >= 11 is 0. The third-order valence-corrected chi connectivity index (χ3v) is 7.10. The first-order valence-corrected chi connectivity index (χ1v) is 12.5. The molecule has 0 spiro atoms. The molecule has 9 heteroatoms. The highest BCUT2D eigenvalue weighted by molar-refractivity contribution is 5.72. The van der Waals surface area contributed by atoms with Gasteiger partial charge >= 0.3 is 6.61 Å². The Morgan fingerprint density at radius 1 is 0.842 bits per heavy atom. The first-order chi connectivity index (χ1) is 18.1. The molecule has 0 heterocycles. The minimum Gasteiger partial charge on any atom is -0.453 e. The molecule has 1 fully saturated rings. The number of hydrogen-bond donors (Lipinski definition) is 0. The molecule has 0 saturated heterocycles. The van der Waals surface area contributed by atoms with Crippen molar-refractivity contribution in [3.63, 3.8) is 0 Å². The van der Waals surface area contributed by atoms with E-state index in [1.807, 2.05) is 0 Å². The molecule has 2 nitrogen and oxygen atoms in total. The lowest BCUT2D eigenvalue weighted by atomic mass is 9.76. The Hall–Kier alpha value is -3.23. The molecule has 204 valence electrons. The second-order valence-corrected chi connectivity index (χ2v) is 9.56. The summed E-state index contributed by atoms with van der Waals surface area (Å²) < 4.78 is 109. The largest absolute Gasteiger partial charge is 0.453 e. The molecule has 0 unspecified atom stereocenters. The standard InChI is InChI=1S/C29H27F7O2/c1-3-6-16-9-11-17(12-10-16)23-26(34)24(32)15(2)25(33)28(23)37-22-8-5-4-7-19(22)18-13-20(30)27(21(31)14-18)38-29(35)36/h4-5,7-8,13-14,16-17,29H,3,6,9-12H2,1-2H3/t16-,17-. The van der Waals surface area contributed by atoms with Crippen LogP contribution in [0.3, 0.4) is 0 Å². The Labute approximate surface area is 216 Å². The van der Waals surface area contributed by atoms with E-state index >= 15 is 8.78 Å². The van der Waals surface area contributed by atoms with Crippen LogP contribution in [-0.4, -0.2) is 6.61 Å². The van der Waals surface area contributed by atoms with Gasteiger partial charge in [-0.15, -0.1) is 0 Å². The molecular formula is C29H27F7O2. The van der Waals surface area contributed by atoms with Crippen molar-refractivity contribution in [2.75, 3.05) is 0 Å². The number of benzene rings is 3. The van der Waals surface area contributed by atoms with Gasteiger partial charge in [0, 0.05) is 16.7 Å². The molecule has 0 N–H and O–H groups in total. The fraction of sp³-hybridized carbons (Fsp3) is 0.379. The van der Waals surface area contributed by atoms with Crippen molar-refractivity contribution in [2.45, 2.75) is 64.9 Å². The Morgan fingerprint density at radius 2 is 1.47 bits per heavy atom. The zero-order valence-corrected chi connectivity index (χ0v) is 20.9. The first kappa shape index (κ1) is 27.8. The van der Waals surface area contributed by atoms with Crippen LogP contribution in [0.4, 0.5) is 30.7 Å². The summed E-state index contributed by atoms with van der Waals surface area (Å²) in [5.41, 5.74) is -0.788. The van der Waals surface area contributed by atoms with Crippen molar-refractivity contribution in [2.24, 2.45) is 5.92 Å². The van der Waals surface area contributed by atoms with Gasteiger partial charge in [-0.2, -0.15) is 8.78 Å². The molecule has 0 amide bonds. The fourth-order valence-corrected chi connectivity index (χ4v) is 5.20. The Balaban J connectivity index is 1.76. The number of ether oxygens (including phenoxy) is 2. The van der Waals surface area contributed by atoms with E-state index in [0.29, 0.717) is 18.8 Å². The highest BCUT2D eigenvalue weighted by Gasteiger charge is 2.33. The number of alkyl halides is 2. The maximum absolute atomic E-state index is 15.4. The fourth-order valence-electron chi connectivity index (χ4n) is 5.20. The summed E-state index contributed by atoms with van der Waals surface area (Å²) in [5, 5.41) is 0. The van der Waals surface area contributed by atoms with E-state index in [1.165, 1.54) is 24.3 Å². The summed E-state index contributed by atoms with van der Waals surface area (Å²) in [4.78, 5) is 0. The van der Waals surface area contributed by atoms with Gasteiger partial charge in [-0.25, -0.2) is 22.0 Å². The predicted molar refractivity (Wildman–Crippen MR) is 129 cm³/mol. The Morgan fingerprint density at radius 3 is 2.08 bits per heavy atom. The van der Waals surface area contributed by atoms with Crippen LogP contribution in [0, 0.1) is 41.9 Å². The second-order valence-electron chi connectivity index (χ2n) is 9.56. The van der Waals surface area contributed by atoms with Crippen LogP contribution < -0.4 is 9.47 Å². The first-order valence-electron chi connectivity index (χ1n) is 12.5. The van der Waals surface area contributed by atoms with Gasteiger partial charge in [0.15, 0.2) is 40.6 Å². The van der Waals surface area contributed by atoms with Crippen LogP contribution in [0.5, 0.6) is 17.2 Å². The molecule has 0 aliphatic heterocycles. The van der Waals surface area contributed by atoms with E-state index in [-0.39, 0.29) is 22.4 Å². The minimum atomic E-state index is -3.43. The van der Waals surface area contributed by atoms with E-state index in [4.69, 9.17) is 4.74 Å². The van der Waals surface area contributed by atoms with Gasteiger partial charge in [0.2, 0.25) is 0 Å². The lowest BCUT2D eigenvalue weighted by Gasteiger charge is -2.30. The third-order valence-electron chi connectivity index (χ3n) is 7.10. The van der Waals surface area contributed by atoms with Gasteiger partial charge in [-0.05, 0) is 68.2 Å². The highest BCUT2D eigenvalue weighted by Crippen LogP contribution is 2.47. The maximum Gasteiger partial charge on any atom is 0.387 e.